The summed E-state index contributed by atoms with van der Waals surface area (Å²) in [6.45, 7) is 4.64. The van der Waals surface area contributed by atoms with Gasteiger partial charge in [0, 0.05) is 19.3 Å². The summed E-state index contributed by atoms with van der Waals surface area (Å²) in [5.74, 6) is 0.445. The number of carbonyl (C=O) groups is 1. The van der Waals surface area contributed by atoms with Gasteiger partial charge in [-0.2, -0.15) is 0 Å². The fraction of sp³-hybridized carbons (Fsp3) is 0.667. The second-order valence-corrected chi connectivity index (χ2v) is 10.6. The molecular formula is C21H32N2O3S. The van der Waals surface area contributed by atoms with Crippen LogP contribution in [-0.2, 0) is 21.1 Å². The third kappa shape index (κ3) is 4.54. The molecule has 0 unspecified atom stereocenters. The van der Waals surface area contributed by atoms with E-state index in [2.05, 4.69) is 36.5 Å². The number of benzene rings is 1. The number of likely N-dealkylation sites (tertiary alicyclic amines) is 1. The number of nitrogens with zero attached hydrogens (tertiary/aromatic N) is 1. The molecule has 0 saturated carbocycles. The van der Waals surface area contributed by atoms with E-state index in [4.69, 9.17) is 0 Å². The number of piperidine rings is 2. The molecule has 1 aromatic rings. The maximum atomic E-state index is 13.2. The Morgan fingerprint density at radius 1 is 1.15 bits per heavy atom. The Morgan fingerprint density at radius 2 is 1.74 bits per heavy atom. The molecule has 150 valence electrons. The van der Waals surface area contributed by atoms with Gasteiger partial charge in [-0.1, -0.05) is 29.8 Å². The van der Waals surface area contributed by atoms with Gasteiger partial charge in [-0.15, -0.1) is 0 Å². The molecule has 6 heteroatoms. The van der Waals surface area contributed by atoms with Crippen molar-refractivity contribution in [3.63, 3.8) is 0 Å². The van der Waals surface area contributed by atoms with Crippen molar-refractivity contribution in [2.45, 2.75) is 50.2 Å². The standard InChI is InChI=1S/C21H32N2O3S/c1-17-3-5-18(6-4-17)7-8-19-9-15-23(16-10-19)20(24)21(27(2,25)26)11-13-22-14-12-21/h3-6,19,22H,7-16H2,1-2H3. The van der Waals surface area contributed by atoms with E-state index in [1.165, 1.54) is 17.4 Å². The van der Waals surface area contributed by atoms with Crippen molar-refractivity contribution in [1.29, 1.82) is 0 Å². The van der Waals surface area contributed by atoms with Crippen molar-refractivity contribution in [2.24, 2.45) is 5.92 Å². The lowest BCUT2D eigenvalue weighted by Gasteiger charge is -2.41. The average Bonchev–Trinajstić information content (AvgIpc) is 2.67. The van der Waals surface area contributed by atoms with E-state index in [1.54, 1.807) is 0 Å². The molecule has 2 aliphatic heterocycles. The minimum Gasteiger partial charge on any atom is -0.341 e. The number of amides is 1. The molecule has 0 aliphatic carbocycles. The van der Waals surface area contributed by atoms with Crippen LogP contribution in [0.3, 0.4) is 0 Å². The Kier molecular flexibility index (Phi) is 6.26. The van der Waals surface area contributed by atoms with Gasteiger partial charge in [0.2, 0.25) is 5.91 Å². The Balaban J connectivity index is 1.56. The second kappa shape index (κ2) is 8.31. The number of hydrogen-bond donors (Lipinski definition) is 1. The maximum absolute atomic E-state index is 13.2. The molecule has 2 saturated heterocycles. The fourth-order valence-corrected chi connectivity index (χ4v) is 5.80. The van der Waals surface area contributed by atoms with Crippen LogP contribution in [0.25, 0.3) is 0 Å². The Hall–Kier alpha value is -1.40. The maximum Gasteiger partial charge on any atom is 0.244 e. The molecule has 2 aliphatic rings. The minimum atomic E-state index is -3.43. The molecule has 1 aromatic carbocycles. The first-order valence-corrected chi connectivity index (χ1v) is 12.0. The zero-order valence-electron chi connectivity index (χ0n) is 16.5. The van der Waals surface area contributed by atoms with Crippen molar-refractivity contribution in [3.05, 3.63) is 35.4 Å². The van der Waals surface area contributed by atoms with Crippen molar-refractivity contribution in [1.82, 2.24) is 10.2 Å². The van der Waals surface area contributed by atoms with Crippen LogP contribution in [0.15, 0.2) is 24.3 Å². The van der Waals surface area contributed by atoms with E-state index in [0.717, 1.165) is 25.7 Å². The first-order valence-electron chi connectivity index (χ1n) is 10.1. The van der Waals surface area contributed by atoms with Crippen LogP contribution in [0.5, 0.6) is 0 Å². The number of nitrogens with one attached hydrogen (secondary N) is 1. The van der Waals surface area contributed by atoms with Crippen LogP contribution in [0, 0.1) is 12.8 Å². The van der Waals surface area contributed by atoms with Crippen molar-refractivity contribution in [2.75, 3.05) is 32.4 Å². The van der Waals surface area contributed by atoms with Gasteiger partial charge in [0.25, 0.3) is 0 Å². The van der Waals surface area contributed by atoms with Gasteiger partial charge in [0.15, 0.2) is 14.6 Å². The SMILES string of the molecule is Cc1ccc(CCC2CCN(C(=O)C3(S(C)(=O)=O)CCNCC3)CC2)cc1. The number of aryl methyl sites for hydroxylation is 2. The monoisotopic (exact) mass is 392 g/mol. The largest absolute Gasteiger partial charge is 0.341 e. The quantitative estimate of drug-likeness (QED) is 0.835. The van der Waals surface area contributed by atoms with E-state index < -0.39 is 14.6 Å². The molecule has 5 nitrogen and oxygen atoms in total. The van der Waals surface area contributed by atoms with Gasteiger partial charge in [-0.25, -0.2) is 8.42 Å². The third-order valence-corrected chi connectivity index (χ3v) is 8.38. The lowest BCUT2D eigenvalue weighted by Crippen LogP contribution is -2.59. The van der Waals surface area contributed by atoms with Crippen LogP contribution in [0.2, 0.25) is 0 Å². The molecule has 0 atom stereocenters. The Morgan fingerprint density at radius 3 is 2.30 bits per heavy atom. The van der Waals surface area contributed by atoms with Crippen LogP contribution in [0.1, 0.15) is 43.2 Å². The Labute approximate surface area is 163 Å². The van der Waals surface area contributed by atoms with E-state index >= 15 is 0 Å². The first-order chi connectivity index (χ1) is 12.8. The third-order valence-electron chi connectivity index (χ3n) is 6.37. The lowest BCUT2D eigenvalue weighted by molar-refractivity contribution is -0.136. The second-order valence-electron chi connectivity index (χ2n) is 8.28. The highest BCUT2D eigenvalue weighted by atomic mass is 32.2. The number of sulfone groups is 1. The summed E-state index contributed by atoms with van der Waals surface area (Å²) >= 11 is 0. The summed E-state index contributed by atoms with van der Waals surface area (Å²) in [5.41, 5.74) is 2.65. The van der Waals surface area contributed by atoms with Crippen LogP contribution >= 0.6 is 0 Å². The van der Waals surface area contributed by atoms with Gasteiger partial charge in [-0.05, 0) is 70.0 Å². The molecule has 1 N–H and O–H groups in total. The lowest BCUT2D eigenvalue weighted by atomic mass is 9.88. The summed E-state index contributed by atoms with van der Waals surface area (Å²) in [6, 6.07) is 8.70. The summed E-state index contributed by atoms with van der Waals surface area (Å²) in [6.07, 6.45) is 6.13. The minimum absolute atomic E-state index is 0.163. The number of rotatable bonds is 5. The predicted molar refractivity (Wildman–Crippen MR) is 108 cm³/mol. The van der Waals surface area contributed by atoms with Gasteiger partial charge in [-0.3, -0.25) is 4.79 Å². The highest BCUT2D eigenvalue weighted by Gasteiger charge is 2.50. The van der Waals surface area contributed by atoms with E-state index in [1.807, 2.05) is 4.90 Å². The highest BCUT2D eigenvalue weighted by molar-refractivity contribution is 7.92. The molecule has 0 aromatic heterocycles. The molecule has 1 amide bonds. The highest BCUT2D eigenvalue weighted by Crippen LogP contribution is 2.32. The van der Waals surface area contributed by atoms with E-state index in [0.29, 0.717) is 44.9 Å². The first kappa shape index (κ1) is 20.3. The van der Waals surface area contributed by atoms with Crippen LogP contribution in [-0.4, -0.2) is 56.4 Å². The summed E-state index contributed by atoms with van der Waals surface area (Å²) in [5, 5.41) is 3.18. The molecule has 0 bridgehead atoms. The number of carbonyl (C=O) groups excluding carboxylic acids is 1. The summed E-state index contributed by atoms with van der Waals surface area (Å²) in [7, 11) is -3.43. The van der Waals surface area contributed by atoms with Crippen molar-refractivity contribution >= 4 is 15.7 Å². The normalized spacial score (nSPS) is 21.2. The number of hydrogen-bond acceptors (Lipinski definition) is 4. The van der Waals surface area contributed by atoms with E-state index in [-0.39, 0.29) is 5.91 Å². The predicted octanol–water partition coefficient (Wildman–Crippen LogP) is 2.33. The smallest absolute Gasteiger partial charge is 0.244 e. The Bertz CT molecular complexity index is 744. The van der Waals surface area contributed by atoms with Crippen LogP contribution < -0.4 is 5.32 Å². The summed E-state index contributed by atoms with van der Waals surface area (Å²) < 4.78 is 23.7. The zero-order valence-corrected chi connectivity index (χ0v) is 17.4. The fourth-order valence-electron chi connectivity index (χ4n) is 4.41. The molecule has 27 heavy (non-hydrogen) atoms. The van der Waals surface area contributed by atoms with Gasteiger partial charge < -0.3 is 10.2 Å². The van der Waals surface area contributed by atoms with Crippen molar-refractivity contribution < 1.29 is 13.2 Å². The van der Waals surface area contributed by atoms with Crippen LogP contribution in [0.4, 0.5) is 0 Å². The molecule has 2 fully saturated rings. The van der Waals surface area contributed by atoms with Gasteiger partial charge >= 0.3 is 0 Å². The average molecular weight is 393 g/mol. The summed E-state index contributed by atoms with van der Waals surface area (Å²) in [4.78, 5) is 15.0. The molecular weight excluding hydrogens is 360 g/mol. The molecule has 0 spiro atoms. The molecule has 3 rings (SSSR count). The van der Waals surface area contributed by atoms with Gasteiger partial charge in [0.05, 0.1) is 0 Å². The van der Waals surface area contributed by atoms with Crippen molar-refractivity contribution in [3.8, 4) is 0 Å². The van der Waals surface area contributed by atoms with Gasteiger partial charge in [0.1, 0.15) is 0 Å². The zero-order chi connectivity index (χ0) is 19.5. The topological polar surface area (TPSA) is 66.5 Å². The molecule has 0 radical (unpaired) electrons. The van der Waals surface area contributed by atoms with E-state index in [9.17, 15) is 13.2 Å². The molecule has 2 heterocycles.